The van der Waals surface area contributed by atoms with Crippen molar-refractivity contribution >= 4 is 29.9 Å². The molecule has 0 bridgehead atoms. The van der Waals surface area contributed by atoms with Gasteiger partial charge in [-0.25, -0.2) is 0 Å². The van der Waals surface area contributed by atoms with E-state index in [0.29, 0.717) is 11.8 Å². The average molecular weight is 441 g/mol. The lowest BCUT2D eigenvalue weighted by Crippen LogP contribution is -2.38. The predicted octanol–water partition coefficient (Wildman–Crippen LogP) is 3.04. The summed E-state index contributed by atoms with van der Waals surface area (Å²) in [6.07, 6.45) is 4.53. The number of hydrogen-bond donors (Lipinski definition) is 2. The molecule has 138 valence electrons. The Bertz CT molecular complexity index is 294. The van der Waals surface area contributed by atoms with Crippen molar-refractivity contribution in [3.05, 3.63) is 0 Å². The van der Waals surface area contributed by atoms with E-state index in [9.17, 15) is 0 Å². The number of nitrogens with zero attached hydrogens (tertiary/aromatic N) is 1. The summed E-state index contributed by atoms with van der Waals surface area (Å²) in [4.78, 5) is 4.67. The molecule has 0 aromatic heterocycles. The second-order valence-corrected chi connectivity index (χ2v) is 5.99. The zero-order chi connectivity index (χ0) is 16.0. The standard InChI is InChI=1S/C17H35N3O2.HI/c1-4-15(5-2)12-20-17(18-6-3)19-9-7-10-21-13-16-8-11-22-14-16;/h15-16H,4-14H2,1-3H3,(H2,18,19,20);1H. The highest BCUT2D eigenvalue weighted by atomic mass is 127. The molecule has 1 atom stereocenters. The van der Waals surface area contributed by atoms with Gasteiger partial charge in [0.25, 0.3) is 0 Å². The Kier molecular flexibility index (Phi) is 15.4. The Morgan fingerprint density at radius 2 is 2.04 bits per heavy atom. The smallest absolute Gasteiger partial charge is 0.191 e. The van der Waals surface area contributed by atoms with E-state index >= 15 is 0 Å². The lowest BCUT2D eigenvalue weighted by atomic mass is 10.0. The van der Waals surface area contributed by atoms with Crippen molar-refractivity contribution < 1.29 is 9.47 Å². The molecule has 1 saturated heterocycles. The SMILES string of the molecule is CCNC(=NCC(CC)CC)NCCCOCC1CCOC1.I. The van der Waals surface area contributed by atoms with Crippen LogP contribution in [-0.4, -0.2) is 52.0 Å². The summed E-state index contributed by atoms with van der Waals surface area (Å²) in [6, 6.07) is 0. The lowest BCUT2D eigenvalue weighted by molar-refractivity contribution is 0.0888. The van der Waals surface area contributed by atoms with E-state index in [1.54, 1.807) is 0 Å². The second kappa shape index (κ2) is 15.4. The van der Waals surface area contributed by atoms with E-state index in [0.717, 1.165) is 64.9 Å². The predicted molar refractivity (Wildman–Crippen MR) is 108 cm³/mol. The number of ether oxygens (including phenoxy) is 2. The highest BCUT2D eigenvalue weighted by Gasteiger charge is 2.15. The molecule has 6 heteroatoms. The van der Waals surface area contributed by atoms with Crippen molar-refractivity contribution in [2.45, 2.75) is 46.5 Å². The third kappa shape index (κ3) is 11.2. The Hall–Kier alpha value is -0.0800. The summed E-state index contributed by atoms with van der Waals surface area (Å²) >= 11 is 0. The Balaban J connectivity index is 0.00000484. The first kappa shape index (κ1) is 22.9. The van der Waals surface area contributed by atoms with Crippen LogP contribution in [0.1, 0.15) is 46.5 Å². The van der Waals surface area contributed by atoms with Gasteiger partial charge < -0.3 is 20.1 Å². The molecule has 1 aliphatic rings. The Morgan fingerprint density at radius 3 is 2.65 bits per heavy atom. The van der Waals surface area contributed by atoms with Crippen LogP contribution < -0.4 is 10.6 Å². The van der Waals surface area contributed by atoms with Gasteiger partial charge in [0.1, 0.15) is 0 Å². The van der Waals surface area contributed by atoms with Gasteiger partial charge in [-0.2, -0.15) is 0 Å². The van der Waals surface area contributed by atoms with E-state index in [4.69, 9.17) is 9.47 Å². The molecule has 5 nitrogen and oxygen atoms in total. The second-order valence-electron chi connectivity index (χ2n) is 5.99. The van der Waals surface area contributed by atoms with Gasteiger partial charge in [0.2, 0.25) is 0 Å². The Morgan fingerprint density at radius 1 is 1.26 bits per heavy atom. The lowest BCUT2D eigenvalue weighted by Gasteiger charge is -2.14. The highest BCUT2D eigenvalue weighted by Crippen LogP contribution is 2.12. The van der Waals surface area contributed by atoms with Crippen LogP contribution in [0.4, 0.5) is 0 Å². The number of guanidine groups is 1. The molecule has 1 rings (SSSR count). The first-order chi connectivity index (χ1) is 10.8. The van der Waals surface area contributed by atoms with Crippen LogP contribution in [0.2, 0.25) is 0 Å². The maximum atomic E-state index is 5.71. The largest absolute Gasteiger partial charge is 0.381 e. The molecular weight excluding hydrogens is 405 g/mol. The molecule has 0 aromatic rings. The maximum absolute atomic E-state index is 5.71. The molecule has 0 spiro atoms. The maximum Gasteiger partial charge on any atom is 0.191 e. The molecule has 2 N–H and O–H groups in total. The van der Waals surface area contributed by atoms with Crippen molar-refractivity contribution in [3.8, 4) is 0 Å². The summed E-state index contributed by atoms with van der Waals surface area (Å²) in [7, 11) is 0. The van der Waals surface area contributed by atoms with Gasteiger partial charge in [0, 0.05) is 38.8 Å². The van der Waals surface area contributed by atoms with E-state index in [-0.39, 0.29) is 24.0 Å². The van der Waals surface area contributed by atoms with Crippen molar-refractivity contribution in [2.75, 3.05) is 46.1 Å². The van der Waals surface area contributed by atoms with Gasteiger partial charge in [0.05, 0.1) is 13.2 Å². The molecule has 1 unspecified atom stereocenters. The van der Waals surface area contributed by atoms with Crippen LogP contribution >= 0.6 is 24.0 Å². The highest BCUT2D eigenvalue weighted by molar-refractivity contribution is 14.0. The summed E-state index contributed by atoms with van der Waals surface area (Å²) in [5.74, 6) is 2.22. The van der Waals surface area contributed by atoms with Crippen molar-refractivity contribution in [2.24, 2.45) is 16.8 Å². The van der Waals surface area contributed by atoms with Crippen LogP contribution in [0.15, 0.2) is 4.99 Å². The number of rotatable bonds is 11. The number of hydrogen-bond acceptors (Lipinski definition) is 3. The fraction of sp³-hybridized carbons (Fsp3) is 0.941. The van der Waals surface area contributed by atoms with Crippen molar-refractivity contribution in [1.29, 1.82) is 0 Å². The third-order valence-electron chi connectivity index (χ3n) is 4.14. The van der Waals surface area contributed by atoms with Gasteiger partial charge in [-0.3, -0.25) is 4.99 Å². The summed E-state index contributed by atoms with van der Waals surface area (Å²) < 4.78 is 11.1. The molecule has 0 aromatic carbocycles. The molecule has 23 heavy (non-hydrogen) atoms. The fourth-order valence-corrected chi connectivity index (χ4v) is 2.45. The van der Waals surface area contributed by atoms with Crippen LogP contribution in [0.5, 0.6) is 0 Å². The van der Waals surface area contributed by atoms with E-state index in [1.807, 2.05) is 0 Å². The molecule has 0 amide bonds. The molecule has 1 aliphatic heterocycles. The number of nitrogens with one attached hydrogen (secondary N) is 2. The minimum atomic E-state index is 0. The van der Waals surface area contributed by atoms with Gasteiger partial charge in [-0.15, -0.1) is 24.0 Å². The average Bonchev–Trinajstić information content (AvgIpc) is 3.04. The topological polar surface area (TPSA) is 54.9 Å². The molecule has 1 heterocycles. The van der Waals surface area contributed by atoms with Crippen LogP contribution in [0.3, 0.4) is 0 Å². The zero-order valence-electron chi connectivity index (χ0n) is 15.1. The molecule has 0 radical (unpaired) electrons. The van der Waals surface area contributed by atoms with Gasteiger partial charge >= 0.3 is 0 Å². The first-order valence-electron chi connectivity index (χ1n) is 8.97. The fourth-order valence-electron chi connectivity index (χ4n) is 2.45. The third-order valence-corrected chi connectivity index (χ3v) is 4.14. The van der Waals surface area contributed by atoms with Crippen LogP contribution in [0.25, 0.3) is 0 Å². The van der Waals surface area contributed by atoms with Gasteiger partial charge in [-0.05, 0) is 25.7 Å². The summed E-state index contributed by atoms with van der Waals surface area (Å²) in [5, 5.41) is 6.69. The Labute approximate surface area is 159 Å². The number of aliphatic imine (C=N–C) groups is 1. The monoisotopic (exact) mass is 441 g/mol. The van der Waals surface area contributed by atoms with Gasteiger partial charge in [-0.1, -0.05) is 26.7 Å². The van der Waals surface area contributed by atoms with Crippen LogP contribution in [0, 0.1) is 11.8 Å². The first-order valence-corrected chi connectivity index (χ1v) is 8.97. The summed E-state index contributed by atoms with van der Waals surface area (Å²) in [5.41, 5.74) is 0. The molecule has 1 fully saturated rings. The minimum Gasteiger partial charge on any atom is -0.381 e. The molecular formula is C17H36IN3O2. The van der Waals surface area contributed by atoms with E-state index < -0.39 is 0 Å². The van der Waals surface area contributed by atoms with Crippen molar-refractivity contribution in [3.63, 3.8) is 0 Å². The van der Waals surface area contributed by atoms with Crippen molar-refractivity contribution in [1.82, 2.24) is 10.6 Å². The quantitative estimate of drug-likeness (QED) is 0.224. The van der Waals surface area contributed by atoms with E-state index in [2.05, 4.69) is 36.4 Å². The number of halogens is 1. The minimum absolute atomic E-state index is 0. The normalized spacial score (nSPS) is 18.1. The van der Waals surface area contributed by atoms with Crippen LogP contribution in [-0.2, 0) is 9.47 Å². The van der Waals surface area contributed by atoms with Gasteiger partial charge in [0.15, 0.2) is 5.96 Å². The molecule has 0 saturated carbocycles. The zero-order valence-corrected chi connectivity index (χ0v) is 17.4. The summed E-state index contributed by atoms with van der Waals surface area (Å²) in [6.45, 7) is 12.7. The molecule has 0 aliphatic carbocycles. The van der Waals surface area contributed by atoms with E-state index in [1.165, 1.54) is 12.8 Å².